The minimum absolute atomic E-state index is 0.0000406. The Morgan fingerprint density at radius 2 is 1.71 bits per heavy atom. The van der Waals surface area contributed by atoms with Crippen LogP contribution in [0.2, 0.25) is 0 Å². The van der Waals surface area contributed by atoms with Crippen LogP contribution in [-0.2, 0) is 10.0 Å². The molecule has 1 N–H and O–H groups in total. The zero-order valence-corrected chi connectivity index (χ0v) is 19.3. The van der Waals surface area contributed by atoms with Gasteiger partial charge in [0, 0.05) is 36.2 Å². The number of piperidine rings is 1. The molecule has 0 unspecified atom stereocenters. The maximum absolute atomic E-state index is 13.5. The van der Waals surface area contributed by atoms with Crippen molar-refractivity contribution in [3.63, 3.8) is 0 Å². The van der Waals surface area contributed by atoms with Crippen molar-refractivity contribution in [1.82, 2.24) is 19.7 Å². The normalized spacial score (nSPS) is 34.2. The molecule has 3 heterocycles. The summed E-state index contributed by atoms with van der Waals surface area (Å²) in [5.74, 6) is 1.01. The van der Waals surface area contributed by atoms with E-state index in [1.807, 2.05) is 4.31 Å². The molecular formula is C22H34N4O4S. The van der Waals surface area contributed by atoms with Gasteiger partial charge in [-0.2, -0.15) is 4.31 Å². The lowest BCUT2D eigenvalue weighted by Gasteiger charge is -2.41. The number of nitrogens with one attached hydrogen (secondary N) is 1. The van der Waals surface area contributed by atoms with Gasteiger partial charge in [0.15, 0.2) is 5.69 Å². The van der Waals surface area contributed by atoms with Crippen LogP contribution in [0.15, 0.2) is 10.6 Å². The third-order valence-electron chi connectivity index (χ3n) is 7.83. The molecule has 0 aromatic carbocycles. The molecule has 172 valence electrons. The number of rotatable bonds is 6. The number of carbonyl (C=O) groups is 1. The fraction of sp³-hybridized carbons (Fsp3) is 0.818. The highest BCUT2D eigenvalue weighted by molar-refractivity contribution is 7.89. The zero-order chi connectivity index (χ0) is 21.8. The van der Waals surface area contributed by atoms with Crippen LogP contribution < -0.4 is 5.32 Å². The number of amides is 1. The highest BCUT2D eigenvalue weighted by atomic mass is 32.2. The SMILES string of the molecule is CN(C)[C@H]1CC[C@H](S(=O)(=O)N2[C@@H]3CC[C@H]2C[C@@H](NC(=O)c2cc(C4CC4)on2)C3)CC1. The van der Waals surface area contributed by atoms with Gasteiger partial charge >= 0.3 is 0 Å². The molecule has 1 aromatic heterocycles. The lowest BCUT2D eigenvalue weighted by atomic mass is 9.94. The molecule has 3 atom stereocenters. The fourth-order valence-electron chi connectivity index (χ4n) is 5.91. The fourth-order valence-corrected chi connectivity index (χ4v) is 8.34. The molecule has 31 heavy (non-hydrogen) atoms. The minimum Gasteiger partial charge on any atom is -0.360 e. The molecule has 9 heteroatoms. The third kappa shape index (κ3) is 4.16. The van der Waals surface area contributed by atoms with Crippen LogP contribution >= 0.6 is 0 Å². The Hall–Kier alpha value is -1.45. The molecule has 1 aromatic rings. The number of hydrogen-bond acceptors (Lipinski definition) is 6. The quantitative estimate of drug-likeness (QED) is 0.715. The van der Waals surface area contributed by atoms with Gasteiger partial charge in [-0.15, -0.1) is 0 Å². The Morgan fingerprint density at radius 3 is 2.29 bits per heavy atom. The predicted octanol–water partition coefficient (Wildman–Crippen LogP) is 2.48. The van der Waals surface area contributed by atoms with Gasteiger partial charge in [-0.25, -0.2) is 8.42 Å². The molecule has 4 fully saturated rings. The van der Waals surface area contributed by atoms with E-state index < -0.39 is 10.0 Å². The summed E-state index contributed by atoms with van der Waals surface area (Å²) in [6.07, 6.45) is 8.72. The summed E-state index contributed by atoms with van der Waals surface area (Å²) < 4.78 is 34.1. The van der Waals surface area contributed by atoms with E-state index in [1.165, 1.54) is 0 Å². The monoisotopic (exact) mass is 450 g/mol. The summed E-state index contributed by atoms with van der Waals surface area (Å²) in [5, 5.41) is 6.77. The van der Waals surface area contributed by atoms with Crippen molar-refractivity contribution < 1.29 is 17.7 Å². The van der Waals surface area contributed by atoms with Gasteiger partial charge in [0.1, 0.15) is 5.76 Å². The van der Waals surface area contributed by atoms with Crippen LogP contribution in [-0.4, -0.2) is 72.2 Å². The van der Waals surface area contributed by atoms with Crippen molar-refractivity contribution >= 4 is 15.9 Å². The van der Waals surface area contributed by atoms with E-state index in [4.69, 9.17) is 4.52 Å². The second-order valence-corrected chi connectivity index (χ2v) is 12.3. The predicted molar refractivity (Wildman–Crippen MR) is 116 cm³/mol. The first-order valence-electron chi connectivity index (χ1n) is 11.8. The summed E-state index contributed by atoms with van der Waals surface area (Å²) in [4.78, 5) is 14.9. The van der Waals surface area contributed by atoms with Crippen molar-refractivity contribution in [2.24, 2.45) is 0 Å². The summed E-state index contributed by atoms with van der Waals surface area (Å²) >= 11 is 0. The van der Waals surface area contributed by atoms with Crippen molar-refractivity contribution in [2.45, 2.75) is 99.5 Å². The molecule has 2 aliphatic carbocycles. The van der Waals surface area contributed by atoms with Gasteiger partial charge < -0.3 is 14.7 Å². The summed E-state index contributed by atoms with van der Waals surface area (Å²) in [5.41, 5.74) is 0.335. The first-order chi connectivity index (χ1) is 14.8. The van der Waals surface area contributed by atoms with Crippen molar-refractivity contribution in [3.05, 3.63) is 17.5 Å². The smallest absolute Gasteiger partial charge is 0.273 e. The number of aromatic nitrogens is 1. The summed E-state index contributed by atoms with van der Waals surface area (Å²) in [6.45, 7) is 0. The Labute approximate surface area is 184 Å². The van der Waals surface area contributed by atoms with Crippen LogP contribution in [0.5, 0.6) is 0 Å². The van der Waals surface area contributed by atoms with Crippen LogP contribution in [0.25, 0.3) is 0 Å². The average Bonchev–Trinajstić information content (AvgIpc) is 3.40. The van der Waals surface area contributed by atoms with E-state index in [0.717, 1.165) is 57.1 Å². The first kappa shape index (κ1) is 21.4. The van der Waals surface area contributed by atoms with Gasteiger partial charge in [-0.3, -0.25) is 4.79 Å². The molecule has 2 saturated carbocycles. The molecule has 4 aliphatic rings. The lowest BCUT2D eigenvalue weighted by Crippen LogP contribution is -2.55. The first-order valence-corrected chi connectivity index (χ1v) is 13.3. The second-order valence-electron chi connectivity index (χ2n) is 10.2. The highest BCUT2D eigenvalue weighted by Crippen LogP contribution is 2.42. The van der Waals surface area contributed by atoms with Gasteiger partial charge in [0.25, 0.3) is 5.91 Å². The van der Waals surface area contributed by atoms with Gasteiger partial charge in [0.2, 0.25) is 10.0 Å². The minimum atomic E-state index is -3.30. The van der Waals surface area contributed by atoms with E-state index >= 15 is 0 Å². The van der Waals surface area contributed by atoms with Crippen LogP contribution in [0, 0.1) is 0 Å². The van der Waals surface area contributed by atoms with E-state index in [2.05, 4.69) is 29.5 Å². The van der Waals surface area contributed by atoms with Crippen molar-refractivity contribution in [2.75, 3.05) is 14.1 Å². The molecule has 0 radical (unpaired) electrons. The zero-order valence-electron chi connectivity index (χ0n) is 18.5. The lowest BCUT2D eigenvalue weighted by molar-refractivity contribution is 0.0899. The van der Waals surface area contributed by atoms with Crippen LogP contribution in [0.3, 0.4) is 0 Å². The van der Waals surface area contributed by atoms with E-state index in [1.54, 1.807) is 6.07 Å². The number of fused-ring (bicyclic) bond motifs is 2. The van der Waals surface area contributed by atoms with E-state index in [0.29, 0.717) is 30.5 Å². The Balaban J connectivity index is 1.21. The number of nitrogens with zero attached hydrogens (tertiary/aromatic N) is 3. The summed E-state index contributed by atoms with van der Waals surface area (Å²) in [6, 6.07) is 2.23. The van der Waals surface area contributed by atoms with Gasteiger partial charge in [-0.1, -0.05) is 5.16 Å². The molecule has 5 rings (SSSR count). The molecule has 2 aliphatic heterocycles. The third-order valence-corrected chi connectivity index (χ3v) is 10.3. The molecule has 0 spiro atoms. The van der Waals surface area contributed by atoms with E-state index in [9.17, 15) is 13.2 Å². The number of hydrogen-bond donors (Lipinski definition) is 1. The van der Waals surface area contributed by atoms with Gasteiger partial charge in [0.05, 0.1) is 5.25 Å². The molecule has 1 amide bonds. The van der Waals surface area contributed by atoms with Crippen molar-refractivity contribution in [1.29, 1.82) is 0 Å². The largest absolute Gasteiger partial charge is 0.360 e. The molecule has 2 bridgehead atoms. The Bertz CT molecular complexity index is 904. The molecular weight excluding hydrogens is 416 g/mol. The Morgan fingerprint density at radius 1 is 1.06 bits per heavy atom. The van der Waals surface area contributed by atoms with Crippen molar-refractivity contribution in [3.8, 4) is 0 Å². The topological polar surface area (TPSA) is 95.8 Å². The Kier molecular flexibility index (Phi) is 5.63. The molecule has 8 nitrogen and oxygen atoms in total. The van der Waals surface area contributed by atoms with Crippen LogP contribution in [0.1, 0.15) is 86.4 Å². The molecule has 2 saturated heterocycles. The number of carbonyl (C=O) groups excluding carboxylic acids is 1. The standard InChI is InChI=1S/C22H34N4O4S/c1-25(2)16-7-9-19(10-8-16)31(28,29)26-17-5-6-18(26)12-15(11-17)23-22(27)20-13-21(30-24-20)14-3-4-14/h13-19H,3-12H2,1-2H3,(H,23,27)/t15-,16-,17+,18-,19-. The second kappa shape index (κ2) is 8.15. The maximum atomic E-state index is 13.5. The highest BCUT2D eigenvalue weighted by Gasteiger charge is 2.49. The van der Waals surface area contributed by atoms with Crippen LogP contribution in [0.4, 0.5) is 0 Å². The van der Waals surface area contributed by atoms with E-state index in [-0.39, 0.29) is 29.3 Å². The summed E-state index contributed by atoms with van der Waals surface area (Å²) in [7, 11) is 0.849. The number of sulfonamides is 1. The van der Waals surface area contributed by atoms with Gasteiger partial charge in [-0.05, 0) is 78.3 Å². The maximum Gasteiger partial charge on any atom is 0.273 e. The average molecular weight is 451 g/mol.